The van der Waals surface area contributed by atoms with Gasteiger partial charge in [-0.25, -0.2) is 10.6 Å². The van der Waals surface area contributed by atoms with Gasteiger partial charge >= 0.3 is 6.03 Å². The van der Waals surface area contributed by atoms with Crippen LogP contribution in [0.15, 0.2) is 0 Å². The van der Waals surface area contributed by atoms with E-state index in [9.17, 15) is 14.4 Å². The summed E-state index contributed by atoms with van der Waals surface area (Å²) >= 11 is 1.91. The average molecular weight is 372 g/mol. The molecule has 0 aromatic carbocycles. The van der Waals surface area contributed by atoms with Crippen LogP contribution in [0.25, 0.3) is 0 Å². The number of unbranched alkanes of at least 4 members (excludes halogenated alkanes) is 3. The molecule has 0 bridgehead atoms. The first-order valence-corrected chi connectivity index (χ1v) is 10.1. The zero-order valence-electron chi connectivity index (χ0n) is 14.5. The molecule has 9 heteroatoms. The molecule has 2 aliphatic rings. The summed E-state index contributed by atoms with van der Waals surface area (Å²) in [7, 11) is 0. The Morgan fingerprint density at radius 1 is 1.08 bits per heavy atom. The molecular formula is C16H29N5O3S. The molecule has 2 fully saturated rings. The summed E-state index contributed by atoms with van der Waals surface area (Å²) in [5.41, 5.74) is 2.10. The SMILES string of the molecule is NNC(=O)CCCCCNC(=O)CCCC[C@H]1SC[C@@H]2NC(=O)N[C@H]21. The van der Waals surface area contributed by atoms with Crippen molar-refractivity contribution in [3.63, 3.8) is 0 Å². The van der Waals surface area contributed by atoms with Crippen LogP contribution in [-0.2, 0) is 9.59 Å². The van der Waals surface area contributed by atoms with Crippen LogP contribution in [0, 0.1) is 0 Å². The van der Waals surface area contributed by atoms with Gasteiger partial charge in [0.15, 0.2) is 0 Å². The topological polar surface area (TPSA) is 125 Å². The number of hydrogen-bond acceptors (Lipinski definition) is 5. The van der Waals surface area contributed by atoms with Gasteiger partial charge in [-0.2, -0.15) is 11.8 Å². The number of fused-ring (bicyclic) bond motifs is 1. The first kappa shape index (κ1) is 19.8. The summed E-state index contributed by atoms with van der Waals surface area (Å²) in [6, 6.07) is 0.456. The van der Waals surface area contributed by atoms with Gasteiger partial charge < -0.3 is 16.0 Å². The van der Waals surface area contributed by atoms with Crippen LogP contribution in [0.4, 0.5) is 4.79 Å². The zero-order chi connectivity index (χ0) is 18.1. The van der Waals surface area contributed by atoms with E-state index in [1.54, 1.807) is 0 Å². The second-order valence-electron chi connectivity index (χ2n) is 6.60. The van der Waals surface area contributed by atoms with E-state index in [2.05, 4.69) is 21.4 Å². The summed E-state index contributed by atoms with van der Waals surface area (Å²) in [6.45, 7) is 0.656. The molecule has 0 aromatic heterocycles. The summed E-state index contributed by atoms with van der Waals surface area (Å²) < 4.78 is 0. The molecule has 0 saturated carbocycles. The third kappa shape index (κ3) is 6.74. The summed E-state index contributed by atoms with van der Waals surface area (Å²) in [5, 5.41) is 9.30. The van der Waals surface area contributed by atoms with Gasteiger partial charge in [0, 0.05) is 30.4 Å². The van der Waals surface area contributed by atoms with Crippen LogP contribution >= 0.6 is 11.8 Å². The Balaban J connectivity index is 1.44. The molecule has 2 saturated heterocycles. The van der Waals surface area contributed by atoms with Crippen molar-refractivity contribution in [3.05, 3.63) is 0 Å². The number of hydrazine groups is 1. The molecular weight excluding hydrogens is 342 g/mol. The van der Waals surface area contributed by atoms with Crippen LogP contribution in [0.3, 0.4) is 0 Å². The predicted molar refractivity (Wildman–Crippen MR) is 97.8 cm³/mol. The Bertz CT molecular complexity index is 477. The number of rotatable bonds is 11. The van der Waals surface area contributed by atoms with Crippen LogP contribution < -0.4 is 27.2 Å². The molecule has 0 aromatic rings. The number of urea groups is 1. The van der Waals surface area contributed by atoms with E-state index in [1.807, 2.05) is 11.8 Å². The van der Waals surface area contributed by atoms with Crippen molar-refractivity contribution < 1.29 is 14.4 Å². The first-order valence-electron chi connectivity index (χ1n) is 9.05. The van der Waals surface area contributed by atoms with Crippen molar-refractivity contribution >= 4 is 29.6 Å². The average Bonchev–Trinajstić information content (AvgIpc) is 3.14. The molecule has 25 heavy (non-hydrogen) atoms. The Morgan fingerprint density at radius 3 is 2.64 bits per heavy atom. The smallest absolute Gasteiger partial charge is 0.315 e. The minimum absolute atomic E-state index is 0.0525. The van der Waals surface area contributed by atoms with Gasteiger partial charge in [0.2, 0.25) is 11.8 Å². The van der Waals surface area contributed by atoms with Crippen LogP contribution in [0.2, 0.25) is 0 Å². The minimum atomic E-state index is -0.149. The minimum Gasteiger partial charge on any atom is -0.356 e. The maximum absolute atomic E-state index is 11.8. The van der Waals surface area contributed by atoms with Crippen molar-refractivity contribution in [2.45, 2.75) is 68.7 Å². The van der Waals surface area contributed by atoms with Gasteiger partial charge in [-0.1, -0.05) is 12.8 Å². The monoisotopic (exact) mass is 371 g/mol. The van der Waals surface area contributed by atoms with Crippen LogP contribution in [0.1, 0.15) is 51.4 Å². The highest BCUT2D eigenvalue weighted by atomic mass is 32.2. The van der Waals surface area contributed by atoms with Gasteiger partial charge in [0.05, 0.1) is 12.1 Å². The molecule has 2 heterocycles. The van der Waals surface area contributed by atoms with Gasteiger partial charge in [0.25, 0.3) is 0 Å². The van der Waals surface area contributed by atoms with Gasteiger partial charge in [-0.3, -0.25) is 15.0 Å². The lowest BCUT2D eigenvalue weighted by Crippen LogP contribution is -2.36. The second-order valence-corrected chi connectivity index (χ2v) is 7.87. The molecule has 2 aliphatic heterocycles. The lowest BCUT2D eigenvalue weighted by Gasteiger charge is -2.16. The third-order valence-electron chi connectivity index (χ3n) is 4.64. The number of thioether (sulfide) groups is 1. The molecule has 2 rings (SSSR count). The fraction of sp³-hybridized carbons (Fsp3) is 0.812. The molecule has 4 amide bonds. The van der Waals surface area contributed by atoms with E-state index in [0.717, 1.165) is 44.3 Å². The van der Waals surface area contributed by atoms with Crippen molar-refractivity contribution in [1.29, 1.82) is 0 Å². The summed E-state index contributed by atoms with van der Waals surface area (Å²) in [4.78, 5) is 34.1. The number of nitrogens with one attached hydrogen (secondary N) is 4. The molecule has 0 unspecified atom stereocenters. The lowest BCUT2D eigenvalue weighted by molar-refractivity contribution is -0.122. The highest BCUT2D eigenvalue weighted by molar-refractivity contribution is 8.00. The Kier molecular flexibility index (Phi) is 8.33. The van der Waals surface area contributed by atoms with Crippen molar-refractivity contribution in [2.75, 3.05) is 12.3 Å². The molecule has 0 aliphatic carbocycles. The second kappa shape index (κ2) is 10.5. The standard InChI is InChI=1S/C16H29N5O3S/c17-21-14(23)8-2-1-5-9-18-13(22)7-4-3-6-12-15-11(10-25-12)19-16(24)20-15/h11-12,15H,1-10,17H2,(H,18,22)(H,21,23)(H2,19,20,24)/t11-,12+,15+/m0/s1. The molecule has 0 spiro atoms. The summed E-state index contributed by atoms with van der Waals surface area (Å²) in [6.07, 6.45) is 6.44. The number of amides is 4. The highest BCUT2D eigenvalue weighted by Crippen LogP contribution is 2.33. The van der Waals surface area contributed by atoms with Gasteiger partial charge in [0.1, 0.15) is 0 Å². The van der Waals surface area contributed by atoms with Crippen molar-refractivity contribution in [2.24, 2.45) is 5.84 Å². The fourth-order valence-corrected chi connectivity index (χ4v) is 4.79. The number of nitrogens with two attached hydrogens (primary N) is 1. The maximum atomic E-state index is 11.8. The van der Waals surface area contributed by atoms with Crippen molar-refractivity contribution in [3.8, 4) is 0 Å². The van der Waals surface area contributed by atoms with E-state index in [0.29, 0.717) is 24.6 Å². The van der Waals surface area contributed by atoms with E-state index < -0.39 is 0 Å². The van der Waals surface area contributed by atoms with Crippen LogP contribution in [0.5, 0.6) is 0 Å². The largest absolute Gasteiger partial charge is 0.356 e. The third-order valence-corrected chi connectivity index (χ3v) is 6.15. The molecule has 8 nitrogen and oxygen atoms in total. The Labute approximate surface area is 152 Å². The van der Waals surface area contributed by atoms with E-state index in [-0.39, 0.29) is 29.9 Å². The van der Waals surface area contributed by atoms with E-state index >= 15 is 0 Å². The normalized spacial score (nSPS) is 24.4. The number of carbonyl (C=O) groups is 3. The number of carbonyl (C=O) groups excluding carboxylic acids is 3. The van der Waals surface area contributed by atoms with E-state index in [4.69, 9.17) is 5.84 Å². The summed E-state index contributed by atoms with van der Waals surface area (Å²) in [5.74, 6) is 5.92. The molecule has 3 atom stereocenters. The predicted octanol–water partition coefficient (Wildman–Crippen LogP) is 0.379. The molecule has 0 radical (unpaired) electrons. The van der Waals surface area contributed by atoms with E-state index in [1.165, 1.54) is 0 Å². The molecule has 6 N–H and O–H groups in total. The quantitative estimate of drug-likeness (QED) is 0.118. The lowest BCUT2D eigenvalue weighted by atomic mass is 10.0. The molecule has 142 valence electrons. The van der Waals surface area contributed by atoms with Gasteiger partial charge in [-0.05, 0) is 25.7 Å². The Morgan fingerprint density at radius 2 is 1.84 bits per heavy atom. The highest BCUT2D eigenvalue weighted by Gasteiger charge is 2.42. The number of hydrogen-bond donors (Lipinski definition) is 5. The zero-order valence-corrected chi connectivity index (χ0v) is 15.3. The first-order chi connectivity index (χ1) is 12.1. The van der Waals surface area contributed by atoms with Crippen LogP contribution in [-0.4, -0.2) is 47.5 Å². The van der Waals surface area contributed by atoms with Crippen molar-refractivity contribution in [1.82, 2.24) is 21.4 Å². The van der Waals surface area contributed by atoms with Gasteiger partial charge in [-0.15, -0.1) is 0 Å². The Hall–Kier alpha value is -1.48. The maximum Gasteiger partial charge on any atom is 0.315 e. The fourth-order valence-electron chi connectivity index (χ4n) is 3.25.